The van der Waals surface area contributed by atoms with Crippen molar-refractivity contribution in [2.24, 2.45) is 11.8 Å². The highest BCUT2D eigenvalue weighted by molar-refractivity contribution is 7.47. The van der Waals surface area contributed by atoms with E-state index < -0.39 is 120 Å². The minimum atomic E-state index is -5.79. The van der Waals surface area contributed by atoms with Crippen molar-refractivity contribution in [1.82, 2.24) is 0 Å². The fraction of sp³-hybridized carbons (Fsp3) is 0.816. The summed E-state index contributed by atoms with van der Waals surface area (Å²) >= 11 is 0. The summed E-state index contributed by atoms with van der Waals surface area (Å²) in [6.07, 6.45) is 7.96. The molecular formula is C49H86O19P2. The number of hydrogen-bond donors (Lipinski definition) is 9. The number of unbranched alkanes of at least 4 members (excludes halogenated alkanes) is 12. The number of fused-ring (bicyclic) bond motifs is 4. The van der Waals surface area contributed by atoms with Gasteiger partial charge in [0.15, 0.2) is 6.10 Å². The number of Topliss-reactive ketones (excluding diaryl/α,β-unsaturated/α-hetero) is 1. The Bertz CT molecular complexity index is 1650. The SMILES string of the molecule is CCCCC/C=C\C/C=C\CCCCCCCCCC(=O)OC[C@@H]1COP(=O)(O)O[C@H]2[C@H](O)[C@@H](O)[C@H](O)[C@@H](CCCCCCC(=O)O1)[C@@H](O)CC(=O)[C@H](C=C[C@@H](O)CCCCC)[C@@H](O)[C@H]2OP(=O)(O)O. The Hall–Kier alpha value is -2.19. The van der Waals surface area contributed by atoms with Crippen LogP contribution in [0, 0.1) is 11.8 Å². The zero-order valence-corrected chi connectivity index (χ0v) is 43.2. The van der Waals surface area contributed by atoms with E-state index in [9.17, 15) is 68.8 Å². The predicted octanol–water partition coefficient (Wildman–Crippen LogP) is 6.88. The second-order valence-electron chi connectivity index (χ2n) is 18.7. The molecule has 19 nitrogen and oxygen atoms in total. The number of hydrogen-bond acceptors (Lipinski definition) is 16. The van der Waals surface area contributed by atoms with Gasteiger partial charge < -0.3 is 54.8 Å². The molecule has 1 saturated carbocycles. The molecule has 406 valence electrons. The van der Waals surface area contributed by atoms with E-state index >= 15 is 0 Å². The van der Waals surface area contributed by atoms with E-state index in [1.165, 1.54) is 19.3 Å². The molecular weight excluding hydrogens is 954 g/mol. The van der Waals surface area contributed by atoms with E-state index in [1.54, 1.807) is 0 Å². The molecule has 1 aliphatic heterocycles. The van der Waals surface area contributed by atoms with Crippen LogP contribution >= 0.6 is 15.6 Å². The minimum Gasteiger partial charge on any atom is -0.462 e. The summed E-state index contributed by atoms with van der Waals surface area (Å²) in [4.78, 5) is 70.6. The van der Waals surface area contributed by atoms with Crippen LogP contribution in [0.15, 0.2) is 36.5 Å². The molecule has 0 aromatic carbocycles. The first-order chi connectivity index (χ1) is 33.3. The highest BCUT2D eigenvalue weighted by atomic mass is 31.2. The summed E-state index contributed by atoms with van der Waals surface area (Å²) in [6.45, 7) is 2.55. The molecule has 0 radical (unpaired) electrons. The van der Waals surface area contributed by atoms with Gasteiger partial charge in [0.25, 0.3) is 0 Å². The standard InChI is InChI=1S/C49H86O19P2/c1-3-5-7-8-9-10-11-12-13-14-15-16-17-18-19-20-25-29-42(53)64-34-37-35-65-70(62,63)68-49-47(58)46(57)44(55)38(28-24-21-22-26-30-43(54)66-37)40(51)33-41(52)39(32-31-36(50)27-23-6-4-2)45(56)48(49)67-69(59,60)61/h9-10,12-13,31-32,36-40,44-51,55-58H,3-8,11,14-30,33-35H2,1-2H3,(H,62,63)(H2,59,60,61)/b10-9-,13-12-,32-31?/t36-,37+,38-,39-,40-,44+,45+,46-,47+,48+,49-/m0/s1. The third-order valence-corrected chi connectivity index (χ3v) is 14.1. The lowest BCUT2D eigenvalue weighted by Crippen LogP contribution is -2.56. The molecule has 12 atom stereocenters. The van der Waals surface area contributed by atoms with Crippen molar-refractivity contribution in [2.75, 3.05) is 13.2 Å². The monoisotopic (exact) mass is 1040 g/mol. The van der Waals surface area contributed by atoms with E-state index in [0.29, 0.717) is 32.1 Å². The molecule has 9 N–H and O–H groups in total. The summed E-state index contributed by atoms with van der Waals surface area (Å²) < 4.78 is 52.1. The van der Waals surface area contributed by atoms with Gasteiger partial charge in [0.05, 0.1) is 36.9 Å². The fourth-order valence-corrected chi connectivity index (χ4v) is 10.0. The molecule has 2 aliphatic rings. The van der Waals surface area contributed by atoms with Crippen LogP contribution in [0.1, 0.15) is 174 Å². The normalized spacial score (nSPS) is 30.1. The smallest absolute Gasteiger partial charge is 0.462 e. The lowest BCUT2D eigenvalue weighted by molar-refractivity contribution is -0.165. The number of allylic oxidation sites excluding steroid dienone is 4. The molecule has 1 aliphatic carbocycles. The average Bonchev–Trinajstić information content (AvgIpc) is 3.30. The van der Waals surface area contributed by atoms with Gasteiger partial charge in [-0.1, -0.05) is 134 Å². The van der Waals surface area contributed by atoms with Crippen LogP contribution in [0.3, 0.4) is 0 Å². The molecule has 2 fully saturated rings. The average molecular weight is 1040 g/mol. The second-order valence-corrected chi connectivity index (χ2v) is 21.3. The zero-order valence-electron chi connectivity index (χ0n) is 41.4. The number of cyclic esters (lactones) is 1. The molecule has 1 saturated heterocycles. The maximum absolute atomic E-state index is 13.9. The van der Waals surface area contributed by atoms with E-state index in [1.807, 2.05) is 6.92 Å². The van der Waals surface area contributed by atoms with Crippen molar-refractivity contribution in [2.45, 2.75) is 229 Å². The van der Waals surface area contributed by atoms with Crippen LogP contribution in [-0.4, -0.2) is 131 Å². The van der Waals surface area contributed by atoms with Crippen LogP contribution in [0.4, 0.5) is 0 Å². The highest BCUT2D eigenvalue weighted by Gasteiger charge is 2.51. The van der Waals surface area contributed by atoms with Crippen LogP contribution in [0.5, 0.6) is 0 Å². The first-order valence-electron chi connectivity index (χ1n) is 25.6. The maximum Gasteiger partial charge on any atom is 0.472 e. The number of carbonyl (C=O) groups excluding carboxylic acids is 3. The van der Waals surface area contributed by atoms with Crippen LogP contribution in [-0.2, 0) is 46.6 Å². The van der Waals surface area contributed by atoms with Gasteiger partial charge in [0.1, 0.15) is 36.8 Å². The minimum absolute atomic E-state index is 0.0480. The van der Waals surface area contributed by atoms with Crippen molar-refractivity contribution < 1.29 is 91.9 Å². The zero-order chi connectivity index (χ0) is 52.0. The van der Waals surface area contributed by atoms with Gasteiger partial charge in [-0.25, -0.2) is 9.13 Å². The number of ether oxygens (including phenoxy) is 2. The summed E-state index contributed by atoms with van der Waals surface area (Å²) in [5.74, 6) is -5.62. The van der Waals surface area contributed by atoms with Gasteiger partial charge in [-0.3, -0.25) is 28.0 Å². The number of rotatable bonds is 26. The van der Waals surface area contributed by atoms with Crippen molar-refractivity contribution in [3.63, 3.8) is 0 Å². The number of aliphatic hydroxyl groups is 6. The number of phosphoric acid groups is 2. The molecule has 21 heteroatoms. The third kappa shape index (κ3) is 27.2. The first-order valence-corrected chi connectivity index (χ1v) is 28.7. The second kappa shape index (κ2) is 35.9. The Labute approximate surface area is 414 Å². The molecule has 0 spiro atoms. The maximum atomic E-state index is 13.9. The lowest BCUT2D eigenvalue weighted by atomic mass is 9.82. The van der Waals surface area contributed by atoms with E-state index in [0.717, 1.165) is 82.8 Å². The fourth-order valence-electron chi connectivity index (χ4n) is 8.51. The molecule has 2 bridgehead atoms. The number of carbonyl (C=O) groups is 3. The largest absolute Gasteiger partial charge is 0.472 e. The van der Waals surface area contributed by atoms with E-state index in [4.69, 9.17) is 23.0 Å². The van der Waals surface area contributed by atoms with Crippen LogP contribution in [0.25, 0.3) is 0 Å². The first kappa shape index (κ1) is 63.9. The topological polar surface area (TPSA) is 314 Å². The van der Waals surface area contributed by atoms with Gasteiger partial charge in [0.2, 0.25) is 0 Å². The Morgan fingerprint density at radius 2 is 1.41 bits per heavy atom. The quantitative estimate of drug-likeness (QED) is 0.0185. The van der Waals surface area contributed by atoms with Gasteiger partial charge in [0, 0.05) is 25.2 Å². The number of aliphatic hydroxyl groups excluding tert-OH is 6. The number of phosphoric ester groups is 2. The Morgan fingerprint density at radius 3 is 2.07 bits per heavy atom. The van der Waals surface area contributed by atoms with Gasteiger partial charge in [-0.15, -0.1) is 0 Å². The summed E-state index contributed by atoms with van der Waals surface area (Å²) in [7, 11) is -11.5. The summed E-state index contributed by atoms with van der Waals surface area (Å²) in [5.41, 5.74) is 0. The highest BCUT2D eigenvalue weighted by Crippen LogP contribution is 2.49. The molecule has 2 rings (SSSR count). The predicted molar refractivity (Wildman–Crippen MR) is 261 cm³/mol. The Morgan fingerprint density at radius 1 is 0.800 bits per heavy atom. The van der Waals surface area contributed by atoms with Gasteiger partial charge in [-0.2, -0.15) is 0 Å². The van der Waals surface area contributed by atoms with Crippen molar-refractivity contribution in [1.29, 1.82) is 0 Å². The third-order valence-electron chi connectivity index (χ3n) is 12.6. The molecule has 70 heavy (non-hydrogen) atoms. The summed E-state index contributed by atoms with van der Waals surface area (Å²) in [5, 5.41) is 68.1. The van der Waals surface area contributed by atoms with Crippen LogP contribution in [0.2, 0.25) is 0 Å². The molecule has 0 amide bonds. The van der Waals surface area contributed by atoms with E-state index in [2.05, 4.69) is 31.2 Å². The molecule has 1 unspecified atom stereocenters. The molecule has 1 heterocycles. The Balaban J connectivity index is 2.23. The Kier molecular flexibility index (Phi) is 32.8. The van der Waals surface area contributed by atoms with Crippen molar-refractivity contribution >= 4 is 33.4 Å². The number of esters is 2. The van der Waals surface area contributed by atoms with Gasteiger partial charge >= 0.3 is 27.6 Å². The van der Waals surface area contributed by atoms with Crippen molar-refractivity contribution in [3.8, 4) is 0 Å². The lowest BCUT2D eigenvalue weighted by Gasteiger charge is -2.38. The molecule has 0 aromatic rings. The van der Waals surface area contributed by atoms with Gasteiger partial charge in [-0.05, 0) is 57.8 Å². The molecule has 0 aromatic heterocycles. The van der Waals surface area contributed by atoms with Crippen molar-refractivity contribution in [3.05, 3.63) is 36.5 Å². The van der Waals surface area contributed by atoms with E-state index in [-0.39, 0.29) is 32.1 Å². The number of ketones is 1. The summed E-state index contributed by atoms with van der Waals surface area (Å²) in [6, 6.07) is 0. The van der Waals surface area contributed by atoms with Crippen LogP contribution < -0.4 is 0 Å².